The number of benzene rings is 2. The predicted molar refractivity (Wildman–Crippen MR) is 115 cm³/mol. The number of β-amino-alcohol motifs (C(OH)–C–C–N with tert-alkyl or cyclic N) is 1. The van der Waals surface area contributed by atoms with Gasteiger partial charge >= 0.3 is 0 Å². The van der Waals surface area contributed by atoms with Crippen LogP contribution >= 0.6 is 11.3 Å². The van der Waals surface area contributed by atoms with E-state index in [0.29, 0.717) is 12.6 Å². The van der Waals surface area contributed by atoms with Crippen LogP contribution in [0, 0.1) is 11.6 Å². The Morgan fingerprint density at radius 1 is 1.20 bits per heavy atom. The van der Waals surface area contributed by atoms with Crippen molar-refractivity contribution in [2.75, 3.05) is 38.2 Å². The molecular formula is C22H25F2N3O2S. The predicted octanol–water partition coefficient (Wildman–Crippen LogP) is 3.92. The van der Waals surface area contributed by atoms with Gasteiger partial charge in [0.25, 0.3) is 0 Å². The number of halogens is 2. The highest BCUT2D eigenvalue weighted by Crippen LogP contribution is 2.30. The lowest BCUT2D eigenvalue weighted by Gasteiger charge is -2.37. The number of ether oxygens (including phenoxy) is 1. The number of nitrogens with zero attached hydrogens (tertiary/aromatic N) is 3. The number of rotatable bonds is 7. The third-order valence-corrected chi connectivity index (χ3v) is 6.62. The molecule has 0 radical (unpaired) electrons. The third kappa shape index (κ3) is 4.88. The Labute approximate surface area is 178 Å². The average Bonchev–Trinajstić information content (AvgIpc) is 3.19. The fraction of sp³-hybridized carbons (Fsp3) is 0.409. The molecule has 8 heteroatoms. The highest BCUT2D eigenvalue weighted by Gasteiger charge is 2.25. The van der Waals surface area contributed by atoms with Crippen molar-refractivity contribution in [3.05, 3.63) is 54.1 Å². The smallest absolute Gasteiger partial charge is 0.186 e. The topological polar surface area (TPSA) is 48.8 Å². The average molecular weight is 434 g/mol. The first-order valence-corrected chi connectivity index (χ1v) is 10.9. The van der Waals surface area contributed by atoms with Gasteiger partial charge in [0.2, 0.25) is 0 Å². The number of fused-ring (bicyclic) bond motifs is 1. The van der Waals surface area contributed by atoms with Crippen molar-refractivity contribution in [2.45, 2.75) is 25.0 Å². The number of hydrogen-bond acceptors (Lipinski definition) is 6. The van der Waals surface area contributed by atoms with Crippen LogP contribution in [0.2, 0.25) is 0 Å². The molecule has 1 aliphatic rings. The summed E-state index contributed by atoms with van der Waals surface area (Å²) in [5.74, 6) is -1.66. The van der Waals surface area contributed by atoms with Crippen molar-refractivity contribution >= 4 is 26.7 Å². The van der Waals surface area contributed by atoms with E-state index < -0.39 is 17.7 Å². The number of para-hydroxylation sites is 1. The summed E-state index contributed by atoms with van der Waals surface area (Å²) in [6, 6.07) is 11.9. The fourth-order valence-corrected chi connectivity index (χ4v) is 4.76. The number of aliphatic hydroxyl groups is 1. The summed E-state index contributed by atoms with van der Waals surface area (Å²) >= 11 is 1.71. The van der Waals surface area contributed by atoms with Gasteiger partial charge in [0, 0.05) is 38.8 Å². The number of likely N-dealkylation sites (tertiary alicyclic amines) is 1. The maximum absolute atomic E-state index is 13.2. The van der Waals surface area contributed by atoms with Gasteiger partial charge in [-0.05, 0) is 37.1 Å². The van der Waals surface area contributed by atoms with E-state index in [9.17, 15) is 13.9 Å². The molecule has 160 valence electrons. The van der Waals surface area contributed by atoms with Gasteiger partial charge in [0.15, 0.2) is 16.8 Å². The van der Waals surface area contributed by atoms with Gasteiger partial charge in [-0.2, -0.15) is 0 Å². The molecule has 0 spiro atoms. The maximum atomic E-state index is 13.2. The van der Waals surface area contributed by atoms with E-state index in [1.807, 2.05) is 18.2 Å². The Morgan fingerprint density at radius 3 is 2.70 bits per heavy atom. The van der Waals surface area contributed by atoms with E-state index in [4.69, 9.17) is 9.72 Å². The quantitative estimate of drug-likeness (QED) is 0.612. The molecule has 1 fully saturated rings. The lowest BCUT2D eigenvalue weighted by atomic mass is 10.0. The number of piperidine rings is 1. The van der Waals surface area contributed by atoms with Gasteiger partial charge in [-0.15, -0.1) is 0 Å². The van der Waals surface area contributed by atoms with Crippen molar-refractivity contribution in [1.29, 1.82) is 0 Å². The SMILES string of the molecule is CN(c1nc2ccccc2s1)C1CCN(C[C@@H](O)COc2ccc(F)c(F)c2)CC1. The molecule has 1 N–H and O–H groups in total. The molecule has 0 unspecified atom stereocenters. The zero-order valence-electron chi connectivity index (χ0n) is 16.8. The monoisotopic (exact) mass is 433 g/mol. The van der Waals surface area contributed by atoms with E-state index in [1.165, 1.54) is 10.8 Å². The zero-order chi connectivity index (χ0) is 21.1. The van der Waals surface area contributed by atoms with E-state index in [-0.39, 0.29) is 12.4 Å². The molecule has 0 bridgehead atoms. The summed E-state index contributed by atoms with van der Waals surface area (Å²) in [6.07, 6.45) is 1.28. The molecule has 5 nitrogen and oxygen atoms in total. The molecule has 0 amide bonds. The Morgan fingerprint density at radius 2 is 1.97 bits per heavy atom. The molecule has 1 atom stereocenters. The number of aliphatic hydroxyl groups excluding tert-OH is 1. The van der Waals surface area contributed by atoms with E-state index >= 15 is 0 Å². The van der Waals surface area contributed by atoms with Crippen LogP contribution < -0.4 is 9.64 Å². The molecule has 0 saturated carbocycles. The van der Waals surface area contributed by atoms with Gasteiger partial charge in [-0.25, -0.2) is 13.8 Å². The van der Waals surface area contributed by atoms with Crippen molar-refractivity contribution in [1.82, 2.24) is 9.88 Å². The molecule has 1 aromatic heterocycles. The molecule has 1 aliphatic heterocycles. The van der Waals surface area contributed by atoms with Crippen molar-refractivity contribution in [3.8, 4) is 5.75 Å². The molecule has 2 heterocycles. The summed E-state index contributed by atoms with van der Waals surface area (Å²) in [7, 11) is 2.10. The summed E-state index contributed by atoms with van der Waals surface area (Å²) in [6.45, 7) is 2.28. The largest absolute Gasteiger partial charge is 0.491 e. The fourth-order valence-electron chi connectivity index (χ4n) is 3.77. The van der Waals surface area contributed by atoms with Crippen LogP contribution in [-0.2, 0) is 0 Å². The maximum Gasteiger partial charge on any atom is 0.186 e. The molecule has 30 heavy (non-hydrogen) atoms. The second-order valence-electron chi connectivity index (χ2n) is 7.65. The van der Waals surface area contributed by atoms with Crippen LogP contribution in [0.1, 0.15) is 12.8 Å². The molecule has 1 saturated heterocycles. The van der Waals surface area contributed by atoms with Crippen LogP contribution in [-0.4, -0.2) is 60.4 Å². The summed E-state index contributed by atoms with van der Waals surface area (Å²) in [4.78, 5) is 9.22. The Hall–Kier alpha value is -2.29. The number of hydrogen-bond donors (Lipinski definition) is 1. The van der Waals surface area contributed by atoms with Crippen LogP contribution in [0.3, 0.4) is 0 Å². The Balaban J connectivity index is 1.24. The third-order valence-electron chi connectivity index (χ3n) is 5.49. The lowest BCUT2D eigenvalue weighted by molar-refractivity contribution is 0.0593. The van der Waals surface area contributed by atoms with Crippen LogP contribution in [0.25, 0.3) is 10.2 Å². The second-order valence-corrected chi connectivity index (χ2v) is 8.66. The highest BCUT2D eigenvalue weighted by molar-refractivity contribution is 7.22. The molecule has 3 aromatic rings. The van der Waals surface area contributed by atoms with Gasteiger partial charge in [-0.1, -0.05) is 23.5 Å². The second kappa shape index (κ2) is 9.24. The minimum absolute atomic E-state index is 0.0383. The number of aromatic nitrogens is 1. The van der Waals surface area contributed by atoms with Gasteiger partial charge in [0.1, 0.15) is 18.5 Å². The first kappa shape index (κ1) is 21.0. The molecule has 0 aliphatic carbocycles. The van der Waals surface area contributed by atoms with Crippen LogP contribution in [0.15, 0.2) is 42.5 Å². The van der Waals surface area contributed by atoms with Gasteiger partial charge in [0.05, 0.1) is 10.2 Å². The zero-order valence-corrected chi connectivity index (χ0v) is 17.6. The van der Waals surface area contributed by atoms with E-state index in [2.05, 4.69) is 22.9 Å². The Bertz CT molecular complexity index is 958. The minimum Gasteiger partial charge on any atom is -0.491 e. The molecule has 2 aromatic carbocycles. The normalized spacial score (nSPS) is 16.7. The number of anilines is 1. The Kier molecular flexibility index (Phi) is 6.46. The summed E-state index contributed by atoms with van der Waals surface area (Å²) in [5.41, 5.74) is 1.03. The first-order chi connectivity index (χ1) is 14.5. The molecule has 4 rings (SSSR count). The van der Waals surface area contributed by atoms with Crippen LogP contribution in [0.4, 0.5) is 13.9 Å². The van der Waals surface area contributed by atoms with E-state index in [0.717, 1.165) is 48.7 Å². The summed E-state index contributed by atoms with van der Waals surface area (Å²) in [5, 5.41) is 11.3. The van der Waals surface area contributed by atoms with E-state index in [1.54, 1.807) is 11.3 Å². The van der Waals surface area contributed by atoms with Gasteiger partial charge < -0.3 is 19.6 Å². The molecular weight excluding hydrogens is 408 g/mol. The highest BCUT2D eigenvalue weighted by atomic mass is 32.1. The summed E-state index contributed by atoms with van der Waals surface area (Å²) < 4.78 is 32.8. The lowest BCUT2D eigenvalue weighted by Crippen LogP contribution is -2.46. The van der Waals surface area contributed by atoms with Gasteiger partial charge in [-0.3, -0.25) is 0 Å². The first-order valence-electron chi connectivity index (χ1n) is 10.1. The van der Waals surface area contributed by atoms with Crippen molar-refractivity contribution in [2.24, 2.45) is 0 Å². The van der Waals surface area contributed by atoms with Crippen LogP contribution in [0.5, 0.6) is 5.75 Å². The minimum atomic E-state index is -0.957. The standard InChI is InChI=1S/C22H25F2N3O2S/c1-26(22-25-20-4-2-3-5-21(20)30-22)15-8-10-27(11-9-15)13-16(28)14-29-17-6-7-18(23)19(24)12-17/h2-7,12,15-16,28H,8-11,13-14H2,1H3/t16-/m1/s1. The van der Waals surface area contributed by atoms with Crippen molar-refractivity contribution in [3.63, 3.8) is 0 Å². The van der Waals surface area contributed by atoms with Crippen molar-refractivity contribution < 1.29 is 18.6 Å². The number of thiazole rings is 1.